The van der Waals surface area contributed by atoms with Crippen LogP contribution in [0.25, 0.3) is 0 Å². The van der Waals surface area contributed by atoms with Crippen LogP contribution in [0, 0.1) is 0 Å². The Morgan fingerprint density at radius 3 is 2.91 bits per heavy atom. The molecule has 2 rings (SSSR count). The molecule has 0 bridgehead atoms. The molecule has 0 aliphatic heterocycles. The van der Waals surface area contributed by atoms with Crippen molar-refractivity contribution in [1.29, 1.82) is 0 Å². The van der Waals surface area contributed by atoms with E-state index in [-0.39, 0.29) is 0 Å². The van der Waals surface area contributed by atoms with E-state index in [4.69, 9.17) is 27.9 Å². The molecule has 0 atom stereocenters. The molecular formula is C16H21Cl2N3O. The fourth-order valence-corrected chi connectivity index (χ4v) is 2.73. The summed E-state index contributed by atoms with van der Waals surface area (Å²) < 4.78 is 7.81. The summed E-state index contributed by atoms with van der Waals surface area (Å²) in [6.07, 6.45) is 7.55. The summed E-state index contributed by atoms with van der Waals surface area (Å²) in [6, 6.07) is 3.62. The van der Waals surface area contributed by atoms with Gasteiger partial charge < -0.3 is 14.6 Å². The van der Waals surface area contributed by atoms with Gasteiger partial charge in [-0.15, -0.1) is 0 Å². The summed E-state index contributed by atoms with van der Waals surface area (Å²) >= 11 is 12.3. The predicted octanol–water partition coefficient (Wildman–Crippen LogP) is 4.16. The van der Waals surface area contributed by atoms with Crippen molar-refractivity contribution in [2.24, 2.45) is 0 Å². The highest BCUT2D eigenvalue weighted by Gasteiger charge is 2.10. The zero-order valence-electron chi connectivity index (χ0n) is 12.7. The largest absolute Gasteiger partial charge is 0.492 e. The summed E-state index contributed by atoms with van der Waals surface area (Å²) in [6.45, 7) is 5.24. The average Bonchev–Trinajstić information content (AvgIpc) is 2.99. The third kappa shape index (κ3) is 5.20. The number of hydrogen-bond donors (Lipinski definition) is 1. The first-order valence-electron chi connectivity index (χ1n) is 7.48. The molecule has 4 nitrogen and oxygen atoms in total. The zero-order valence-corrected chi connectivity index (χ0v) is 14.2. The Balaban J connectivity index is 1.85. The number of aromatic nitrogens is 2. The molecule has 120 valence electrons. The minimum absolute atomic E-state index is 0.566. The van der Waals surface area contributed by atoms with Crippen LogP contribution >= 0.6 is 23.2 Å². The fourth-order valence-electron chi connectivity index (χ4n) is 2.14. The smallest absolute Gasteiger partial charge is 0.142 e. The highest BCUT2D eigenvalue weighted by molar-refractivity contribution is 6.35. The average molecular weight is 342 g/mol. The summed E-state index contributed by atoms with van der Waals surface area (Å²) in [5, 5.41) is 4.60. The Morgan fingerprint density at radius 2 is 2.18 bits per heavy atom. The van der Waals surface area contributed by atoms with Gasteiger partial charge >= 0.3 is 0 Å². The van der Waals surface area contributed by atoms with E-state index < -0.39 is 0 Å². The van der Waals surface area contributed by atoms with Crippen LogP contribution in [0.1, 0.15) is 25.3 Å². The highest BCUT2D eigenvalue weighted by atomic mass is 35.5. The molecule has 0 amide bonds. The van der Waals surface area contributed by atoms with E-state index in [9.17, 15) is 0 Å². The number of ether oxygens (including phenoxy) is 1. The molecule has 22 heavy (non-hydrogen) atoms. The van der Waals surface area contributed by atoms with Crippen molar-refractivity contribution >= 4 is 23.2 Å². The van der Waals surface area contributed by atoms with E-state index >= 15 is 0 Å². The first kappa shape index (κ1) is 17.1. The zero-order chi connectivity index (χ0) is 15.8. The van der Waals surface area contributed by atoms with Gasteiger partial charge in [0, 0.05) is 36.1 Å². The molecule has 0 saturated heterocycles. The Kier molecular flexibility index (Phi) is 7.03. The first-order valence-corrected chi connectivity index (χ1v) is 8.23. The molecule has 0 fully saturated rings. The summed E-state index contributed by atoms with van der Waals surface area (Å²) in [5.74, 6) is 0.732. The van der Waals surface area contributed by atoms with E-state index in [0.717, 1.165) is 37.2 Å². The van der Waals surface area contributed by atoms with Gasteiger partial charge in [-0.3, -0.25) is 0 Å². The molecule has 0 unspecified atom stereocenters. The highest BCUT2D eigenvalue weighted by Crippen LogP contribution is 2.32. The van der Waals surface area contributed by atoms with Crippen LogP contribution in [0.5, 0.6) is 5.75 Å². The van der Waals surface area contributed by atoms with Crippen LogP contribution in [-0.2, 0) is 13.1 Å². The molecule has 1 heterocycles. The number of imidazole rings is 1. The maximum Gasteiger partial charge on any atom is 0.142 e. The van der Waals surface area contributed by atoms with Crippen molar-refractivity contribution in [3.8, 4) is 5.75 Å². The van der Waals surface area contributed by atoms with Gasteiger partial charge in [-0.2, -0.15) is 0 Å². The van der Waals surface area contributed by atoms with Crippen LogP contribution in [0.2, 0.25) is 10.0 Å². The number of benzene rings is 1. The van der Waals surface area contributed by atoms with E-state index in [1.807, 2.05) is 18.6 Å². The third-order valence-corrected chi connectivity index (χ3v) is 3.68. The van der Waals surface area contributed by atoms with Crippen molar-refractivity contribution in [3.05, 3.63) is 46.5 Å². The summed E-state index contributed by atoms with van der Waals surface area (Å²) in [5.41, 5.74) is 0.994. The second-order valence-corrected chi connectivity index (χ2v) is 5.90. The molecular weight excluding hydrogens is 321 g/mol. The van der Waals surface area contributed by atoms with Crippen molar-refractivity contribution < 1.29 is 4.74 Å². The van der Waals surface area contributed by atoms with E-state index in [2.05, 4.69) is 21.8 Å². The van der Waals surface area contributed by atoms with Gasteiger partial charge in [-0.05, 0) is 31.5 Å². The molecule has 0 radical (unpaired) electrons. The lowest BCUT2D eigenvalue weighted by Gasteiger charge is -2.14. The predicted molar refractivity (Wildman–Crippen MR) is 90.8 cm³/mol. The van der Waals surface area contributed by atoms with Crippen molar-refractivity contribution in [3.63, 3.8) is 0 Å². The minimum Gasteiger partial charge on any atom is -0.492 e. The van der Waals surface area contributed by atoms with Gasteiger partial charge in [-0.1, -0.05) is 30.1 Å². The third-order valence-electron chi connectivity index (χ3n) is 3.18. The SMILES string of the molecule is CCCOc1c(Cl)cc(Cl)cc1CNCCCn1ccnc1. The van der Waals surface area contributed by atoms with Crippen molar-refractivity contribution in [1.82, 2.24) is 14.9 Å². The van der Waals surface area contributed by atoms with Gasteiger partial charge in [0.15, 0.2) is 0 Å². The lowest BCUT2D eigenvalue weighted by atomic mass is 10.2. The van der Waals surface area contributed by atoms with Gasteiger partial charge in [0.2, 0.25) is 0 Å². The Labute approximate surface area is 141 Å². The lowest BCUT2D eigenvalue weighted by Crippen LogP contribution is -2.17. The number of aryl methyl sites for hydroxylation is 1. The lowest BCUT2D eigenvalue weighted by molar-refractivity contribution is 0.313. The van der Waals surface area contributed by atoms with Crippen LogP contribution < -0.4 is 10.1 Å². The van der Waals surface area contributed by atoms with E-state index in [1.165, 1.54) is 0 Å². The molecule has 1 aromatic carbocycles. The first-order chi connectivity index (χ1) is 10.7. The Bertz CT molecular complexity index is 573. The van der Waals surface area contributed by atoms with Gasteiger partial charge in [0.05, 0.1) is 18.0 Å². The monoisotopic (exact) mass is 341 g/mol. The van der Waals surface area contributed by atoms with E-state index in [0.29, 0.717) is 23.2 Å². The second-order valence-electron chi connectivity index (χ2n) is 5.06. The summed E-state index contributed by atoms with van der Waals surface area (Å²) in [7, 11) is 0. The van der Waals surface area contributed by atoms with E-state index in [1.54, 1.807) is 12.3 Å². The van der Waals surface area contributed by atoms with Crippen molar-refractivity contribution in [2.75, 3.05) is 13.2 Å². The van der Waals surface area contributed by atoms with Crippen LogP contribution in [0.4, 0.5) is 0 Å². The van der Waals surface area contributed by atoms with Gasteiger partial charge in [0.1, 0.15) is 5.75 Å². The Morgan fingerprint density at radius 1 is 1.32 bits per heavy atom. The molecule has 6 heteroatoms. The standard InChI is InChI=1S/C16H21Cl2N3O/c1-2-8-22-16-13(9-14(17)10-15(16)18)11-19-4-3-6-21-7-5-20-12-21/h5,7,9-10,12,19H,2-4,6,8,11H2,1H3. The van der Waals surface area contributed by atoms with Gasteiger partial charge in [-0.25, -0.2) is 4.98 Å². The number of hydrogen-bond acceptors (Lipinski definition) is 3. The minimum atomic E-state index is 0.566. The van der Waals surface area contributed by atoms with Crippen LogP contribution in [0.15, 0.2) is 30.9 Å². The van der Waals surface area contributed by atoms with Gasteiger partial charge in [0.25, 0.3) is 0 Å². The number of halogens is 2. The van der Waals surface area contributed by atoms with Crippen LogP contribution in [-0.4, -0.2) is 22.7 Å². The van der Waals surface area contributed by atoms with Crippen LogP contribution in [0.3, 0.4) is 0 Å². The normalized spacial score (nSPS) is 10.9. The maximum atomic E-state index is 6.23. The van der Waals surface area contributed by atoms with Crippen molar-refractivity contribution in [2.45, 2.75) is 32.9 Å². The molecule has 0 spiro atoms. The molecule has 1 N–H and O–H groups in total. The maximum absolute atomic E-state index is 6.23. The molecule has 0 aliphatic carbocycles. The number of rotatable bonds is 9. The molecule has 0 saturated carbocycles. The second kappa shape index (κ2) is 9.03. The number of nitrogens with zero attached hydrogens (tertiary/aromatic N) is 2. The molecule has 0 aliphatic rings. The molecule has 2 aromatic rings. The molecule has 1 aromatic heterocycles. The number of nitrogens with one attached hydrogen (secondary N) is 1. The Hall–Kier alpha value is -1.23. The fraction of sp³-hybridized carbons (Fsp3) is 0.438. The summed E-state index contributed by atoms with van der Waals surface area (Å²) in [4.78, 5) is 4.02. The quantitative estimate of drug-likeness (QED) is 0.696. The topological polar surface area (TPSA) is 39.1 Å².